The Balaban J connectivity index is 1.51. The average molecular weight is 412 g/mol. The van der Waals surface area contributed by atoms with Crippen LogP contribution < -0.4 is 15.4 Å². The zero-order chi connectivity index (χ0) is 21.6. The molecule has 6 heteroatoms. The monoisotopic (exact) mass is 412 g/mol. The average Bonchev–Trinajstić information content (AvgIpc) is 3.35. The molecule has 4 aromatic rings. The Bertz CT molecular complexity index is 1180. The summed E-state index contributed by atoms with van der Waals surface area (Å²) < 4.78 is 10.4. The molecule has 31 heavy (non-hydrogen) atoms. The third kappa shape index (κ3) is 4.64. The predicted molar refractivity (Wildman–Crippen MR) is 119 cm³/mol. The van der Waals surface area contributed by atoms with Gasteiger partial charge in [0, 0.05) is 11.3 Å². The van der Waals surface area contributed by atoms with E-state index in [0.29, 0.717) is 22.7 Å². The molecule has 0 aliphatic carbocycles. The van der Waals surface area contributed by atoms with Crippen molar-refractivity contribution < 1.29 is 18.7 Å². The minimum absolute atomic E-state index is 0.194. The first-order chi connectivity index (χ1) is 15.1. The molecule has 0 aliphatic rings. The molecule has 4 rings (SSSR count). The maximum atomic E-state index is 12.8. The molecule has 0 atom stereocenters. The van der Waals surface area contributed by atoms with E-state index in [1.165, 1.54) is 13.4 Å². The zero-order valence-corrected chi connectivity index (χ0v) is 16.8. The fraction of sp³-hybridized carbons (Fsp3) is 0.0400. The van der Waals surface area contributed by atoms with Crippen LogP contribution in [0.1, 0.15) is 20.9 Å². The molecule has 0 spiro atoms. The van der Waals surface area contributed by atoms with E-state index in [2.05, 4.69) is 10.6 Å². The van der Waals surface area contributed by atoms with Gasteiger partial charge in [-0.05, 0) is 53.6 Å². The van der Waals surface area contributed by atoms with Gasteiger partial charge in [-0.25, -0.2) is 0 Å². The Kier molecular flexibility index (Phi) is 5.80. The van der Waals surface area contributed by atoms with Gasteiger partial charge in [0.25, 0.3) is 11.8 Å². The second-order valence-electron chi connectivity index (χ2n) is 6.74. The van der Waals surface area contributed by atoms with Crippen LogP contribution in [0.4, 0.5) is 11.4 Å². The lowest BCUT2D eigenvalue weighted by Gasteiger charge is -2.13. The maximum absolute atomic E-state index is 12.8. The molecule has 0 bridgehead atoms. The van der Waals surface area contributed by atoms with Crippen LogP contribution in [0.5, 0.6) is 5.75 Å². The first kappa shape index (κ1) is 20.0. The van der Waals surface area contributed by atoms with Crippen molar-refractivity contribution in [1.29, 1.82) is 0 Å². The van der Waals surface area contributed by atoms with E-state index in [1.807, 2.05) is 42.5 Å². The number of ether oxygens (including phenoxy) is 1. The molecule has 0 fully saturated rings. The molecule has 154 valence electrons. The van der Waals surface area contributed by atoms with Crippen molar-refractivity contribution in [3.05, 3.63) is 103 Å². The smallest absolute Gasteiger partial charge is 0.291 e. The Morgan fingerprint density at radius 2 is 1.52 bits per heavy atom. The van der Waals surface area contributed by atoms with Gasteiger partial charge >= 0.3 is 0 Å². The lowest BCUT2D eigenvalue weighted by Crippen LogP contribution is -2.14. The van der Waals surface area contributed by atoms with Crippen molar-refractivity contribution in [2.24, 2.45) is 0 Å². The molecule has 0 aliphatic heterocycles. The topological polar surface area (TPSA) is 80.6 Å². The van der Waals surface area contributed by atoms with E-state index >= 15 is 0 Å². The van der Waals surface area contributed by atoms with Crippen molar-refractivity contribution in [1.82, 2.24) is 0 Å². The number of hydrogen-bond donors (Lipinski definition) is 2. The van der Waals surface area contributed by atoms with Crippen molar-refractivity contribution in [3.8, 4) is 16.9 Å². The van der Waals surface area contributed by atoms with Gasteiger partial charge in [-0.15, -0.1) is 0 Å². The van der Waals surface area contributed by atoms with Crippen LogP contribution in [-0.4, -0.2) is 18.9 Å². The van der Waals surface area contributed by atoms with Crippen molar-refractivity contribution >= 4 is 23.2 Å². The highest BCUT2D eigenvalue weighted by Gasteiger charge is 2.14. The Morgan fingerprint density at radius 3 is 2.19 bits per heavy atom. The number of rotatable bonds is 6. The lowest BCUT2D eigenvalue weighted by atomic mass is 10.0. The number of furan rings is 1. The summed E-state index contributed by atoms with van der Waals surface area (Å²) in [6.07, 6.45) is 1.43. The molecule has 2 N–H and O–H groups in total. The van der Waals surface area contributed by atoms with E-state index in [4.69, 9.17) is 9.15 Å². The number of nitrogens with one attached hydrogen (secondary N) is 2. The number of anilines is 2. The van der Waals surface area contributed by atoms with Gasteiger partial charge in [0.2, 0.25) is 0 Å². The molecule has 0 saturated heterocycles. The number of methoxy groups -OCH3 is 1. The standard InChI is InChI=1S/C25H20N2O4/c1-30-22-14-13-20(26-25(29)23-8-5-15-31-23)16-21(22)27-24(28)19-11-9-18(10-12-19)17-6-3-2-4-7-17/h2-16H,1H3,(H,26,29)(H,27,28). The van der Waals surface area contributed by atoms with Gasteiger partial charge in [-0.2, -0.15) is 0 Å². The summed E-state index contributed by atoms with van der Waals surface area (Å²) in [5.41, 5.74) is 3.55. The van der Waals surface area contributed by atoms with E-state index in [1.54, 1.807) is 42.5 Å². The normalized spacial score (nSPS) is 10.4. The third-order valence-electron chi connectivity index (χ3n) is 4.70. The van der Waals surface area contributed by atoms with E-state index in [9.17, 15) is 9.59 Å². The molecular formula is C25H20N2O4. The Morgan fingerprint density at radius 1 is 0.774 bits per heavy atom. The number of benzene rings is 3. The third-order valence-corrected chi connectivity index (χ3v) is 4.70. The number of carbonyl (C=O) groups is 2. The summed E-state index contributed by atoms with van der Waals surface area (Å²) in [6.45, 7) is 0. The minimum Gasteiger partial charge on any atom is -0.495 e. The van der Waals surface area contributed by atoms with Crippen LogP contribution in [0.3, 0.4) is 0 Å². The van der Waals surface area contributed by atoms with Gasteiger partial charge in [-0.3, -0.25) is 9.59 Å². The van der Waals surface area contributed by atoms with Crippen molar-refractivity contribution in [3.63, 3.8) is 0 Å². The van der Waals surface area contributed by atoms with Crippen LogP contribution in [0.2, 0.25) is 0 Å². The number of hydrogen-bond acceptors (Lipinski definition) is 4. The summed E-state index contributed by atoms with van der Waals surface area (Å²) in [5, 5.41) is 5.58. The van der Waals surface area contributed by atoms with Crippen LogP contribution in [-0.2, 0) is 0 Å². The van der Waals surface area contributed by atoms with Crippen LogP contribution in [0.25, 0.3) is 11.1 Å². The first-order valence-electron chi connectivity index (χ1n) is 9.64. The highest BCUT2D eigenvalue weighted by molar-refractivity contribution is 6.06. The predicted octanol–water partition coefficient (Wildman–Crippen LogP) is 5.46. The largest absolute Gasteiger partial charge is 0.495 e. The highest BCUT2D eigenvalue weighted by Crippen LogP contribution is 2.29. The second kappa shape index (κ2) is 9.00. The number of carbonyl (C=O) groups excluding carboxylic acids is 2. The SMILES string of the molecule is COc1ccc(NC(=O)c2ccco2)cc1NC(=O)c1ccc(-c2ccccc2)cc1. The second-order valence-corrected chi connectivity index (χ2v) is 6.74. The zero-order valence-electron chi connectivity index (χ0n) is 16.8. The van der Waals surface area contributed by atoms with E-state index < -0.39 is 0 Å². The van der Waals surface area contributed by atoms with Crippen molar-refractivity contribution in [2.75, 3.05) is 17.7 Å². The van der Waals surface area contributed by atoms with Crippen LogP contribution >= 0.6 is 0 Å². The van der Waals surface area contributed by atoms with Gasteiger partial charge in [-0.1, -0.05) is 42.5 Å². The number of amides is 2. The first-order valence-corrected chi connectivity index (χ1v) is 9.64. The van der Waals surface area contributed by atoms with Crippen molar-refractivity contribution in [2.45, 2.75) is 0 Å². The van der Waals surface area contributed by atoms with Gasteiger partial charge in [0.15, 0.2) is 5.76 Å². The molecule has 1 aromatic heterocycles. The molecule has 0 saturated carbocycles. The molecule has 6 nitrogen and oxygen atoms in total. The molecular weight excluding hydrogens is 392 g/mol. The van der Waals surface area contributed by atoms with Gasteiger partial charge in [0.05, 0.1) is 19.1 Å². The molecule has 0 unspecified atom stereocenters. The molecule has 1 heterocycles. The maximum Gasteiger partial charge on any atom is 0.291 e. The quantitative estimate of drug-likeness (QED) is 0.441. The van der Waals surface area contributed by atoms with E-state index in [-0.39, 0.29) is 17.6 Å². The summed E-state index contributed by atoms with van der Waals surface area (Å²) in [5.74, 6) is 0.00142. The highest BCUT2D eigenvalue weighted by atomic mass is 16.5. The van der Waals surface area contributed by atoms with Gasteiger partial charge in [0.1, 0.15) is 5.75 Å². The molecule has 2 amide bonds. The molecule has 0 radical (unpaired) electrons. The minimum atomic E-state index is -0.385. The summed E-state index contributed by atoms with van der Waals surface area (Å²) >= 11 is 0. The Hall–Kier alpha value is -4.32. The van der Waals surface area contributed by atoms with Gasteiger partial charge < -0.3 is 19.8 Å². The lowest BCUT2D eigenvalue weighted by molar-refractivity contribution is 0.0995. The molecule has 3 aromatic carbocycles. The summed E-state index contributed by atoms with van der Waals surface area (Å²) in [6, 6.07) is 25.5. The summed E-state index contributed by atoms with van der Waals surface area (Å²) in [4.78, 5) is 25.0. The van der Waals surface area contributed by atoms with E-state index in [0.717, 1.165) is 11.1 Å². The Labute approximate surface area is 179 Å². The fourth-order valence-electron chi connectivity index (χ4n) is 3.12. The fourth-order valence-corrected chi connectivity index (χ4v) is 3.12. The van der Waals surface area contributed by atoms with Crippen LogP contribution in [0, 0.1) is 0 Å². The van der Waals surface area contributed by atoms with Crippen LogP contribution in [0.15, 0.2) is 95.6 Å². The summed E-state index contributed by atoms with van der Waals surface area (Å²) in [7, 11) is 1.51.